The number of rotatable bonds is 6. The summed E-state index contributed by atoms with van der Waals surface area (Å²) in [5.74, 6) is 0. The van der Waals surface area contributed by atoms with Crippen LogP contribution >= 0.6 is 11.3 Å². The average Bonchev–Trinajstić information content (AvgIpc) is 3.98. The van der Waals surface area contributed by atoms with Gasteiger partial charge in [0.1, 0.15) is 11.2 Å². The summed E-state index contributed by atoms with van der Waals surface area (Å²) in [7, 11) is 0. The van der Waals surface area contributed by atoms with Crippen molar-refractivity contribution in [3.63, 3.8) is 0 Å². The standard InChI is InChI=1S/C54H34N2OS/c1-2-14-35(15-3-1)36-28-30-38(31-29-36)55(49-25-13-22-44-43-20-7-11-27-51(43)58-54(44)49)48-33-32-40(53-52(48)45-21-6-10-26-50(45)57-53)37-16-12-17-39(34-37)56-46-23-8-4-18-41(46)42-19-5-9-24-47(42)56/h1-34H. The van der Waals surface area contributed by atoms with Gasteiger partial charge >= 0.3 is 0 Å². The second kappa shape index (κ2) is 13.1. The van der Waals surface area contributed by atoms with E-state index in [9.17, 15) is 0 Å². The van der Waals surface area contributed by atoms with Crippen LogP contribution in [0.15, 0.2) is 211 Å². The molecule has 4 heteroatoms. The second-order valence-corrected chi connectivity index (χ2v) is 15.9. The van der Waals surface area contributed by atoms with Crippen LogP contribution in [0, 0.1) is 0 Å². The minimum atomic E-state index is 0.865. The highest BCUT2D eigenvalue weighted by Gasteiger charge is 2.24. The van der Waals surface area contributed by atoms with Crippen LogP contribution in [0.25, 0.3) is 91.9 Å². The summed E-state index contributed by atoms with van der Waals surface area (Å²) < 4.78 is 11.9. The SMILES string of the molecule is c1ccc(-c2ccc(N(c3cccc4c3sc3ccccc34)c3ccc(-c4cccc(-n5c6ccccc6c6ccccc65)c4)c4oc5ccccc5c34)cc2)cc1. The Kier molecular flexibility index (Phi) is 7.40. The van der Waals surface area contributed by atoms with Crippen molar-refractivity contribution < 1.29 is 4.42 Å². The number of aromatic nitrogens is 1. The molecule has 0 aliphatic rings. The Balaban J connectivity index is 1.10. The van der Waals surface area contributed by atoms with Crippen molar-refractivity contribution in [3.8, 4) is 27.9 Å². The van der Waals surface area contributed by atoms with E-state index in [1.165, 1.54) is 53.1 Å². The van der Waals surface area contributed by atoms with Gasteiger partial charge in [-0.3, -0.25) is 0 Å². The van der Waals surface area contributed by atoms with Crippen molar-refractivity contribution in [1.29, 1.82) is 0 Å². The lowest BCUT2D eigenvalue weighted by atomic mass is 9.99. The minimum absolute atomic E-state index is 0.865. The molecule has 0 atom stereocenters. The van der Waals surface area contributed by atoms with Gasteiger partial charge in [0.05, 0.1) is 32.5 Å². The third-order valence-electron chi connectivity index (χ3n) is 11.6. The van der Waals surface area contributed by atoms with Crippen molar-refractivity contribution in [2.45, 2.75) is 0 Å². The first-order valence-corrected chi connectivity index (χ1v) is 20.5. The topological polar surface area (TPSA) is 21.3 Å². The van der Waals surface area contributed by atoms with Gasteiger partial charge in [-0.1, -0.05) is 140 Å². The Morgan fingerprint density at radius 3 is 1.84 bits per heavy atom. The highest BCUT2D eigenvalue weighted by Crippen LogP contribution is 2.50. The minimum Gasteiger partial charge on any atom is -0.455 e. The molecule has 0 N–H and O–H groups in total. The number of fused-ring (bicyclic) bond motifs is 9. The number of benzene rings is 9. The van der Waals surface area contributed by atoms with E-state index in [0.717, 1.165) is 55.8 Å². The van der Waals surface area contributed by atoms with Crippen LogP contribution in [0.4, 0.5) is 17.1 Å². The molecule has 0 amide bonds. The maximum atomic E-state index is 6.95. The van der Waals surface area contributed by atoms with E-state index in [0.29, 0.717) is 0 Å². The molecular weight excluding hydrogens is 725 g/mol. The molecule has 0 aliphatic heterocycles. The van der Waals surface area contributed by atoms with Crippen molar-refractivity contribution in [2.24, 2.45) is 0 Å². The lowest BCUT2D eigenvalue weighted by molar-refractivity contribution is 0.670. The maximum Gasteiger partial charge on any atom is 0.145 e. The third-order valence-corrected chi connectivity index (χ3v) is 12.8. The zero-order valence-corrected chi connectivity index (χ0v) is 32.2. The number of nitrogens with zero attached hydrogens (tertiary/aromatic N) is 2. The van der Waals surface area contributed by atoms with Crippen molar-refractivity contribution in [1.82, 2.24) is 4.57 Å². The molecule has 0 spiro atoms. The number of furan rings is 1. The molecule has 272 valence electrons. The van der Waals surface area contributed by atoms with Crippen LogP contribution in [0.3, 0.4) is 0 Å². The van der Waals surface area contributed by atoms with Gasteiger partial charge in [0.15, 0.2) is 0 Å². The Labute approximate surface area is 338 Å². The van der Waals surface area contributed by atoms with Gasteiger partial charge in [-0.15, -0.1) is 11.3 Å². The fourth-order valence-electron chi connectivity index (χ4n) is 8.99. The molecule has 0 bridgehead atoms. The van der Waals surface area contributed by atoms with E-state index in [4.69, 9.17) is 4.42 Å². The van der Waals surface area contributed by atoms with Crippen LogP contribution < -0.4 is 4.90 Å². The van der Waals surface area contributed by atoms with Crippen molar-refractivity contribution >= 4 is 92.3 Å². The molecule has 0 fully saturated rings. The zero-order valence-electron chi connectivity index (χ0n) is 31.3. The summed E-state index contributed by atoms with van der Waals surface area (Å²) in [6.45, 7) is 0. The van der Waals surface area contributed by atoms with Crippen LogP contribution in [0.1, 0.15) is 0 Å². The molecule has 0 unspecified atom stereocenters. The fraction of sp³-hybridized carbons (Fsp3) is 0. The highest BCUT2D eigenvalue weighted by molar-refractivity contribution is 7.26. The lowest BCUT2D eigenvalue weighted by Gasteiger charge is -2.27. The first-order chi connectivity index (χ1) is 28.8. The number of hydrogen-bond donors (Lipinski definition) is 0. The van der Waals surface area contributed by atoms with Gasteiger partial charge in [-0.05, 0) is 83.4 Å². The Morgan fingerprint density at radius 1 is 0.431 bits per heavy atom. The molecule has 58 heavy (non-hydrogen) atoms. The largest absolute Gasteiger partial charge is 0.455 e. The number of thiophene rings is 1. The van der Waals surface area contributed by atoms with Gasteiger partial charge in [0.25, 0.3) is 0 Å². The molecule has 3 nitrogen and oxygen atoms in total. The molecular formula is C54H34N2OS. The van der Waals surface area contributed by atoms with Crippen LogP contribution in [-0.2, 0) is 0 Å². The predicted octanol–water partition coefficient (Wildman–Crippen LogP) is 15.9. The van der Waals surface area contributed by atoms with E-state index < -0.39 is 0 Å². The van der Waals surface area contributed by atoms with E-state index >= 15 is 0 Å². The second-order valence-electron chi connectivity index (χ2n) is 14.9. The molecule has 3 aromatic heterocycles. The molecule has 9 aromatic carbocycles. The highest BCUT2D eigenvalue weighted by atomic mass is 32.1. The summed E-state index contributed by atoms with van der Waals surface area (Å²) in [5.41, 5.74) is 13.0. The van der Waals surface area contributed by atoms with E-state index in [1.54, 1.807) is 0 Å². The van der Waals surface area contributed by atoms with Crippen molar-refractivity contribution in [2.75, 3.05) is 4.90 Å². The normalized spacial score (nSPS) is 11.8. The lowest BCUT2D eigenvalue weighted by Crippen LogP contribution is -2.10. The predicted molar refractivity (Wildman–Crippen MR) is 247 cm³/mol. The average molecular weight is 759 g/mol. The molecule has 3 heterocycles. The molecule has 12 aromatic rings. The number of hydrogen-bond acceptors (Lipinski definition) is 3. The van der Waals surface area contributed by atoms with E-state index in [2.05, 4.69) is 216 Å². The van der Waals surface area contributed by atoms with Crippen molar-refractivity contribution in [3.05, 3.63) is 206 Å². The van der Waals surface area contributed by atoms with E-state index in [1.807, 2.05) is 11.3 Å². The molecule has 0 radical (unpaired) electrons. The monoisotopic (exact) mass is 758 g/mol. The summed E-state index contributed by atoms with van der Waals surface area (Å²) in [6.07, 6.45) is 0. The first-order valence-electron chi connectivity index (χ1n) is 19.7. The quantitative estimate of drug-likeness (QED) is 0.168. The Bertz CT molecular complexity index is 3460. The Hall–Kier alpha value is -7.40. The van der Waals surface area contributed by atoms with Gasteiger partial charge in [-0.2, -0.15) is 0 Å². The van der Waals surface area contributed by atoms with Gasteiger partial charge in [0.2, 0.25) is 0 Å². The van der Waals surface area contributed by atoms with Gasteiger partial charge in [-0.25, -0.2) is 0 Å². The van der Waals surface area contributed by atoms with Gasteiger partial charge < -0.3 is 13.9 Å². The first kappa shape index (κ1) is 32.8. The smallest absolute Gasteiger partial charge is 0.145 e. The third kappa shape index (κ3) is 5.05. The maximum absolute atomic E-state index is 6.95. The summed E-state index contributed by atoms with van der Waals surface area (Å²) >= 11 is 1.85. The number of para-hydroxylation sites is 3. The van der Waals surface area contributed by atoms with Gasteiger partial charge in [0, 0.05) is 48.6 Å². The summed E-state index contributed by atoms with van der Waals surface area (Å²) in [4.78, 5) is 2.44. The summed E-state index contributed by atoms with van der Waals surface area (Å²) in [5, 5.41) is 7.20. The summed E-state index contributed by atoms with van der Waals surface area (Å²) in [6, 6.07) is 74.3. The van der Waals surface area contributed by atoms with E-state index in [-0.39, 0.29) is 0 Å². The molecule has 0 aliphatic carbocycles. The van der Waals surface area contributed by atoms with Crippen LogP contribution in [-0.4, -0.2) is 4.57 Å². The number of anilines is 3. The van der Waals surface area contributed by atoms with Crippen LogP contribution in [0.5, 0.6) is 0 Å². The molecule has 0 saturated heterocycles. The molecule has 12 rings (SSSR count). The zero-order chi connectivity index (χ0) is 38.2. The molecule has 0 saturated carbocycles. The fourth-order valence-corrected chi connectivity index (χ4v) is 10.2. The Morgan fingerprint density at radius 2 is 1.05 bits per heavy atom. The van der Waals surface area contributed by atoms with Crippen LogP contribution in [0.2, 0.25) is 0 Å².